The Morgan fingerprint density at radius 2 is 1.97 bits per heavy atom. The monoisotopic (exact) mass is 470 g/mol. The van der Waals surface area contributed by atoms with Crippen LogP contribution in [0.1, 0.15) is 42.6 Å². The number of amides is 1. The van der Waals surface area contributed by atoms with E-state index >= 15 is 0 Å². The number of nitrogens with zero attached hydrogens (tertiary/aromatic N) is 6. The van der Waals surface area contributed by atoms with Gasteiger partial charge in [0.25, 0.3) is 0 Å². The summed E-state index contributed by atoms with van der Waals surface area (Å²) in [4.78, 5) is 19.0. The Kier molecular flexibility index (Phi) is 5.40. The van der Waals surface area contributed by atoms with Crippen LogP contribution in [0.3, 0.4) is 0 Å². The highest BCUT2D eigenvalue weighted by Crippen LogP contribution is 2.38. The van der Waals surface area contributed by atoms with Gasteiger partial charge in [-0.25, -0.2) is 0 Å². The van der Waals surface area contributed by atoms with Gasteiger partial charge in [0, 0.05) is 86.9 Å². The number of hydrogen-bond acceptors (Lipinski definition) is 5. The first kappa shape index (κ1) is 22.0. The minimum absolute atomic E-state index is 0.109. The Morgan fingerprint density at radius 3 is 2.71 bits per heavy atom. The number of ether oxygens (including phenoxy) is 1. The Labute approximate surface area is 204 Å². The van der Waals surface area contributed by atoms with E-state index in [2.05, 4.69) is 34.9 Å². The van der Waals surface area contributed by atoms with Gasteiger partial charge in [-0.1, -0.05) is 6.07 Å². The summed E-state index contributed by atoms with van der Waals surface area (Å²) in [7, 11) is 1.91. The average Bonchev–Trinajstić information content (AvgIpc) is 3.47. The van der Waals surface area contributed by atoms with E-state index in [9.17, 15) is 4.79 Å². The standard InChI is InChI=1S/C27H30N6O2/c1-17-10-19-12-25(20-13-29-31(3)15-20)28-14-23(19)22(11-17)27-24-16-32(18(2)34)7-4-26(24)33(30-27)21-5-8-35-9-6-21/h10-15,21H,4-9,16H2,1-3H3. The number of benzene rings is 1. The lowest BCUT2D eigenvalue weighted by molar-refractivity contribution is -0.129. The first-order chi connectivity index (χ1) is 17.0. The molecule has 0 atom stereocenters. The van der Waals surface area contributed by atoms with Gasteiger partial charge in [-0.2, -0.15) is 10.2 Å². The lowest BCUT2D eigenvalue weighted by Crippen LogP contribution is -2.35. The number of carbonyl (C=O) groups is 1. The molecule has 1 amide bonds. The zero-order chi connectivity index (χ0) is 24.1. The average molecular weight is 471 g/mol. The van der Waals surface area contributed by atoms with Crippen LogP contribution >= 0.6 is 0 Å². The number of aromatic nitrogens is 5. The fourth-order valence-corrected chi connectivity index (χ4v) is 5.48. The topological polar surface area (TPSA) is 78.1 Å². The van der Waals surface area contributed by atoms with Gasteiger partial charge in [-0.3, -0.25) is 19.1 Å². The number of pyridine rings is 1. The molecule has 0 spiro atoms. The molecule has 2 aliphatic rings. The van der Waals surface area contributed by atoms with E-state index < -0.39 is 0 Å². The molecular weight excluding hydrogens is 440 g/mol. The fourth-order valence-electron chi connectivity index (χ4n) is 5.48. The van der Waals surface area contributed by atoms with Gasteiger partial charge in [0.1, 0.15) is 0 Å². The lowest BCUT2D eigenvalue weighted by atomic mass is 9.95. The molecule has 0 bridgehead atoms. The van der Waals surface area contributed by atoms with Gasteiger partial charge in [-0.15, -0.1) is 0 Å². The van der Waals surface area contributed by atoms with Crippen molar-refractivity contribution >= 4 is 16.7 Å². The van der Waals surface area contributed by atoms with Crippen molar-refractivity contribution in [1.82, 2.24) is 29.4 Å². The Balaban J connectivity index is 1.52. The summed E-state index contributed by atoms with van der Waals surface area (Å²) in [5, 5.41) is 11.7. The molecule has 0 N–H and O–H groups in total. The second-order valence-corrected chi connectivity index (χ2v) is 9.76. The Bertz CT molecular complexity index is 1430. The number of aryl methyl sites for hydroxylation is 2. The summed E-state index contributed by atoms with van der Waals surface area (Å²) in [5.74, 6) is 0.109. The van der Waals surface area contributed by atoms with E-state index in [1.54, 1.807) is 11.6 Å². The predicted octanol–water partition coefficient (Wildman–Crippen LogP) is 4.06. The molecule has 2 aliphatic heterocycles. The summed E-state index contributed by atoms with van der Waals surface area (Å²) in [6, 6.07) is 6.87. The molecule has 1 aromatic carbocycles. The van der Waals surface area contributed by atoms with E-state index in [0.29, 0.717) is 12.6 Å². The predicted molar refractivity (Wildman–Crippen MR) is 134 cm³/mol. The van der Waals surface area contributed by atoms with Gasteiger partial charge >= 0.3 is 0 Å². The van der Waals surface area contributed by atoms with Crippen molar-refractivity contribution in [1.29, 1.82) is 0 Å². The van der Waals surface area contributed by atoms with Crippen LogP contribution in [0, 0.1) is 6.92 Å². The molecule has 0 unspecified atom stereocenters. The van der Waals surface area contributed by atoms with Gasteiger partial charge < -0.3 is 9.64 Å². The normalized spacial score (nSPS) is 16.6. The van der Waals surface area contributed by atoms with Gasteiger partial charge in [0.05, 0.1) is 23.6 Å². The number of hydrogen-bond donors (Lipinski definition) is 0. The summed E-state index contributed by atoms with van der Waals surface area (Å²) >= 11 is 0. The first-order valence-electron chi connectivity index (χ1n) is 12.3. The van der Waals surface area contributed by atoms with Crippen molar-refractivity contribution in [2.24, 2.45) is 7.05 Å². The zero-order valence-corrected chi connectivity index (χ0v) is 20.5. The zero-order valence-electron chi connectivity index (χ0n) is 20.5. The molecule has 8 heteroatoms. The van der Waals surface area contributed by atoms with E-state index in [0.717, 1.165) is 72.3 Å². The SMILES string of the molecule is CC(=O)N1CCc2c(c(-c3cc(C)cc4cc(-c5cnn(C)c5)ncc34)nn2C2CCOCC2)C1. The number of fused-ring (bicyclic) bond motifs is 2. The Morgan fingerprint density at radius 1 is 1.14 bits per heavy atom. The summed E-state index contributed by atoms with van der Waals surface area (Å²) in [6.07, 6.45) is 8.54. The molecule has 3 aromatic heterocycles. The first-order valence-corrected chi connectivity index (χ1v) is 12.3. The van der Waals surface area contributed by atoms with Gasteiger partial charge in [0.2, 0.25) is 5.91 Å². The number of rotatable bonds is 3. The molecule has 4 aromatic rings. The minimum Gasteiger partial charge on any atom is -0.381 e. The second kappa shape index (κ2) is 8.61. The van der Waals surface area contributed by atoms with Crippen molar-refractivity contribution < 1.29 is 9.53 Å². The largest absolute Gasteiger partial charge is 0.381 e. The summed E-state index contributed by atoms with van der Waals surface area (Å²) in [5.41, 5.74) is 7.56. The molecule has 6 rings (SSSR count). The second-order valence-electron chi connectivity index (χ2n) is 9.76. The molecule has 180 valence electrons. The quantitative estimate of drug-likeness (QED) is 0.451. The van der Waals surface area contributed by atoms with Crippen molar-refractivity contribution in [2.75, 3.05) is 19.8 Å². The minimum atomic E-state index is 0.109. The highest BCUT2D eigenvalue weighted by atomic mass is 16.5. The van der Waals surface area contributed by atoms with Gasteiger partial charge in [0.15, 0.2) is 0 Å². The van der Waals surface area contributed by atoms with Crippen LogP contribution in [0.4, 0.5) is 0 Å². The van der Waals surface area contributed by atoms with Crippen molar-refractivity contribution in [3.05, 3.63) is 53.6 Å². The smallest absolute Gasteiger partial charge is 0.219 e. The lowest BCUT2D eigenvalue weighted by Gasteiger charge is -2.29. The summed E-state index contributed by atoms with van der Waals surface area (Å²) < 4.78 is 9.66. The number of carbonyl (C=O) groups excluding carboxylic acids is 1. The van der Waals surface area contributed by atoms with Crippen molar-refractivity contribution in [3.8, 4) is 22.5 Å². The molecule has 0 saturated carbocycles. The maximum Gasteiger partial charge on any atom is 0.219 e. The molecule has 8 nitrogen and oxygen atoms in total. The Hall–Kier alpha value is -3.52. The van der Waals surface area contributed by atoms with E-state index in [1.807, 2.05) is 30.5 Å². The van der Waals surface area contributed by atoms with Crippen LogP contribution in [0.5, 0.6) is 0 Å². The van der Waals surface area contributed by atoms with Crippen LogP contribution in [-0.2, 0) is 29.5 Å². The molecule has 35 heavy (non-hydrogen) atoms. The van der Waals surface area contributed by atoms with E-state index in [-0.39, 0.29) is 5.91 Å². The van der Waals surface area contributed by atoms with E-state index in [4.69, 9.17) is 14.8 Å². The molecule has 5 heterocycles. The highest BCUT2D eigenvalue weighted by Gasteiger charge is 2.30. The van der Waals surface area contributed by atoms with Gasteiger partial charge in [-0.05, 0) is 42.8 Å². The maximum atomic E-state index is 12.3. The maximum absolute atomic E-state index is 12.3. The fraction of sp³-hybridized carbons (Fsp3) is 0.407. The van der Waals surface area contributed by atoms with Crippen LogP contribution < -0.4 is 0 Å². The van der Waals surface area contributed by atoms with Crippen molar-refractivity contribution in [2.45, 2.75) is 45.7 Å². The molecular formula is C27H30N6O2. The third kappa shape index (κ3) is 3.91. The van der Waals surface area contributed by atoms with Crippen LogP contribution in [0.2, 0.25) is 0 Å². The van der Waals surface area contributed by atoms with Crippen LogP contribution in [0.25, 0.3) is 33.3 Å². The van der Waals surface area contributed by atoms with Crippen LogP contribution in [-0.4, -0.2) is 55.1 Å². The molecule has 1 fully saturated rings. The van der Waals surface area contributed by atoms with E-state index in [1.165, 1.54) is 16.8 Å². The third-order valence-corrected chi connectivity index (χ3v) is 7.31. The molecule has 0 radical (unpaired) electrons. The molecule has 0 aliphatic carbocycles. The third-order valence-electron chi connectivity index (χ3n) is 7.31. The van der Waals surface area contributed by atoms with Crippen molar-refractivity contribution in [3.63, 3.8) is 0 Å². The molecule has 1 saturated heterocycles. The summed E-state index contributed by atoms with van der Waals surface area (Å²) in [6.45, 7) is 6.64. The van der Waals surface area contributed by atoms with Crippen LogP contribution in [0.15, 0.2) is 36.8 Å². The highest BCUT2D eigenvalue weighted by molar-refractivity contribution is 5.98.